The van der Waals surface area contributed by atoms with Crippen molar-refractivity contribution in [1.29, 1.82) is 0 Å². The molecule has 5 nitrogen and oxygen atoms in total. The van der Waals surface area contributed by atoms with Gasteiger partial charge in [0.1, 0.15) is 11.2 Å². The Bertz CT molecular complexity index is 2780. The maximum atomic E-state index is 6.73. The standard InChI is InChI=1S/C45H28N4O/c1-5-15-29(16-6-1)33-25-26-39-41(42(33)45-47-43(30-17-7-2-8-18-30)46-44(48-45)31-19-9-3-10-20-31)36-27-38-35(28-40(36)50-39)34-23-13-14-24-37(34)49(38)32-21-11-4-12-22-32/h1-28H. The topological polar surface area (TPSA) is 56.7 Å². The van der Waals surface area contributed by atoms with Crippen LogP contribution in [0.5, 0.6) is 0 Å². The minimum atomic E-state index is 0.591. The summed E-state index contributed by atoms with van der Waals surface area (Å²) in [7, 11) is 0. The van der Waals surface area contributed by atoms with Crippen molar-refractivity contribution in [3.8, 4) is 51.0 Å². The first kappa shape index (κ1) is 28.2. The van der Waals surface area contributed by atoms with Crippen molar-refractivity contribution >= 4 is 43.7 Å². The van der Waals surface area contributed by atoms with Crippen molar-refractivity contribution in [1.82, 2.24) is 19.5 Å². The molecule has 0 aliphatic heterocycles. The third-order valence-corrected chi connectivity index (χ3v) is 9.45. The van der Waals surface area contributed by atoms with Crippen LogP contribution in [0.25, 0.3) is 94.7 Å². The van der Waals surface area contributed by atoms with Gasteiger partial charge in [0.15, 0.2) is 17.5 Å². The number of para-hydroxylation sites is 2. The largest absolute Gasteiger partial charge is 0.456 e. The van der Waals surface area contributed by atoms with Crippen LogP contribution in [0, 0.1) is 0 Å². The molecule has 0 radical (unpaired) electrons. The lowest BCUT2D eigenvalue weighted by Crippen LogP contribution is -2.01. The van der Waals surface area contributed by atoms with Gasteiger partial charge in [0.05, 0.1) is 11.0 Å². The fourth-order valence-corrected chi connectivity index (χ4v) is 7.20. The Labute approximate surface area is 287 Å². The van der Waals surface area contributed by atoms with Crippen LogP contribution in [0.1, 0.15) is 0 Å². The zero-order chi connectivity index (χ0) is 33.0. The Kier molecular flexibility index (Phi) is 6.42. The van der Waals surface area contributed by atoms with Gasteiger partial charge in [0.2, 0.25) is 0 Å². The Morgan fingerprint density at radius 1 is 0.400 bits per heavy atom. The van der Waals surface area contributed by atoms with E-state index < -0.39 is 0 Å². The minimum absolute atomic E-state index is 0.591. The molecule has 5 heteroatoms. The predicted molar refractivity (Wildman–Crippen MR) is 203 cm³/mol. The molecule has 50 heavy (non-hydrogen) atoms. The molecule has 3 aromatic heterocycles. The summed E-state index contributed by atoms with van der Waals surface area (Å²) >= 11 is 0. The molecule has 0 aliphatic carbocycles. The molecule has 0 fully saturated rings. The van der Waals surface area contributed by atoms with Gasteiger partial charge >= 0.3 is 0 Å². The van der Waals surface area contributed by atoms with Gasteiger partial charge in [-0.3, -0.25) is 0 Å². The lowest BCUT2D eigenvalue weighted by Gasteiger charge is -2.13. The first-order valence-corrected chi connectivity index (χ1v) is 16.7. The third kappa shape index (κ3) is 4.52. The second kappa shape index (κ2) is 11.4. The Balaban J connectivity index is 1.34. The first-order valence-electron chi connectivity index (χ1n) is 16.7. The second-order valence-electron chi connectivity index (χ2n) is 12.4. The molecule has 10 aromatic rings. The average Bonchev–Trinajstić information content (AvgIpc) is 3.72. The van der Waals surface area contributed by atoms with Crippen LogP contribution in [0.15, 0.2) is 174 Å². The fraction of sp³-hybridized carbons (Fsp3) is 0. The number of aromatic nitrogens is 4. The highest BCUT2D eigenvalue weighted by Gasteiger charge is 2.23. The van der Waals surface area contributed by atoms with Gasteiger partial charge in [0.25, 0.3) is 0 Å². The highest BCUT2D eigenvalue weighted by atomic mass is 16.3. The van der Waals surface area contributed by atoms with Gasteiger partial charge in [-0.05, 0) is 53.6 Å². The highest BCUT2D eigenvalue weighted by molar-refractivity contribution is 6.21. The molecule has 3 heterocycles. The highest BCUT2D eigenvalue weighted by Crippen LogP contribution is 2.44. The molecule has 0 N–H and O–H groups in total. The van der Waals surface area contributed by atoms with Gasteiger partial charge in [-0.25, -0.2) is 15.0 Å². The van der Waals surface area contributed by atoms with Crippen LogP contribution in [-0.2, 0) is 0 Å². The van der Waals surface area contributed by atoms with Crippen molar-refractivity contribution < 1.29 is 4.42 Å². The molecular weight excluding hydrogens is 613 g/mol. The quantitative estimate of drug-likeness (QED) is 0.188. The van der Waals surface area contributed by atoms with E-state index >= 15 is 0 Å². The number of benzene rings is 7. The molecule has 0 atom stereocenters. The van der Waals surface area contributed by atoms with Crippen molar-refractivity contribution in [2.45, 2.75) is 0 Å². The summed E-state index contributed by atoms with van der Waals surface area (Å²) in [5, 5.41) is 4.29. The van der Waals surface area contributed by atoms with Crippen LogP contribution in [0.4, 0.5) is 0 Å². The van der Waals surface area contributed by atoms with Gasteiger partial charge < -0.3 is 8.98 Å². The SMILES string of the molecule is c1ccc(-c2nc(-c3ccccc3)nc(-c3c(-c4ccccc4)ccc4oc5cc6c7ccccc7n(-c7ccccc7)c6cc5c34)n2)cc1. The van der Waals surface area contributed by atoms with E-state index in [1.807, 2.05) is 66.7 Å². The van der Waals surface area contributed by atoms with Gasteiger partial charge in [-0.2, -0.15) is 0 Å². The van der Waals surface area contributed by atoms with E-state index in [4.69, 9.17) is 19.4 Å². The van der Waals surface area contributed by atoms with Gasteiger partial charge in [-0.15, -0.1) is 0 Å². The normalized spacial score (nSPS) is 11.6. The first-order chi connectivity index (χ1) is 24.8. The third-order valence-electron chi connectivity index (χ3n) is 9.45. The molecule has 0 aliphatic rings. The van der Waals surface area contributed by atoms with E-state index in [1.165, 1.54) is 5.39 Å². The summed E-state index contributed by atoms with van der Waals surface area (Å²) in [6.07, 6.45) is 0. The Hall–Kier alpha value is -6.85. The second-order valence-corrected chi connectivity index (χ2v) is 12.4. The van der Waals surface area contributed by atoms with Crippen LogP contribution in [0.3, 0.4) is 0 Å². The number of rotatable bonds is 5. The fourth-order valence-electron chi connectivity index (χ4n) is 7.20. The molecule has 0 bridgehead atoms. The lowest BCUT2D eigenvalue weighted by atomic mass is 9.94. The summed E-state index contributed by atoms with van der Waals surface area (Å²) in [5.74, 6) is 1.82. The van der Waals surface area contributed by atoms with Crippen molar-refractivity contribution in [3.05, 3.63) is 170 Å². The van der Waals surface area contributed by atoms with Crippen molar-refractivity contribution in [2.24, 2.45) is 0 Å². The van der Waals surface area contributed by atoms with Gasteiger partial charge in [0, 0.05) is 43.9 Å². The summed E-state index contributed by atoms with van der Waals surface area (Å²) in [4.78, 5) is 15.4. The summed E-state index contributed by atoms with van der Waals surface area (Å²) < 4.78 is 9.07. The van der Waals surface area contributed by atoms with Gasteiger partial charge in [-0.1, -0.05) is 127 Å². The molecule has 7 aromatic carbocycles. The molecule has 234 valence electrons. The molecule has 10 rings (SSSR count). The van der Waals surface area contributed by atoms with E-state index in [1.54, 1.807) is 0 Å². The number of nitrogens with zero attached hydrogens (tertiary/aromatic N) is 4. The maximum Gasteiger partial charge on any atom is 0.165 e. The maximum absolute atomic E-state index is 6.73. The molecule has 0 saturated heterocycles. The summed E-state index contributed by atoms with van der Waals surface area (Å²) in [6.45, 7) is 0. The number of hydrogen-bond acceptors (Lipinski definition) is 4. The van der Waals surface area contributed by atoms with E-state index in [0.29, 0.717) is 17.5 Å². The lowest BCUT2D eigenvalue weighted by molar-refractivity contribution is 0.669. The van der Waals surface area contributed by atoms with E-state index in [9.17, 15) is 0 Å². The van der Waals surface area contributed by atoms with Crippen molar-refractivity contribution in [2.75, 3.05) is 0 Å². The molecule has 0 amide bonds. The van der Waals surface area contributed by atoms with Crippen LogP contribution >= 0.6 is 0 Å². The van der Waals surface area contributed by atoms with E-state index in [0.717, 1.165) is 71.9 Å². The smallest absolute Gasteiger partial charge is 0.165 e. The molecular formula is C45H28N4O. The number of furan rings is 1. The molecule has 0 saturated carbocycles. The number of hydrogen-bond donors (Lipinski definition) is 0. The van der Waals surface area contributed by atoms with Crippen LogP contribution in [-0.4, -0.2) is 19.5 Å². The van der Waals surface area contributed by atoms with E-state index in [-0.39, 0.29) is 0 Å². The predicted octanol–water partition coefficient (Wildman–Crippen LogP) is 11.5. The molecule has 0 spiro atoms. The average molecular weight is 641 g/mol. The zero-order valence-corrected chi connectivity index (χ0v) is 26.9. The Morgan fingerprint density at radius 3 is 1.62 bits per heavy atom. The summed E-state index contributed by atoms with van der Waals surface area (Å²) in [5.41, 5.74) is 9.80. The minimum Gasteiger partial charge on any atom is -0.456 e. The van der Waals surface area contributed by atoms with Crippen molar-refractivity contribution in [3.63, 3.8) is 0 Å². The Morgan fingerprint density at radius 2 is 0.960 bits per heavy atom. The summed E-state index contributed by atoms with van der Waals surface area (Å²) in [6, 6.07) is 58.4. The molecule has 0 unspecified atom stereocenters. The van der Waals surface area contributed by atoms with Crippen LogP contribution in [0.2, 0.25) is 0 Å². The monoisotopic (exact) mass is 640 g/mol. The number of fused-ring (bicyclic) bond motifs is 6. The zero-order valence-electron chi connectivity index (χ0n) is 26.9. The van der Waals surface area contributed by atoms with E-state index in [2.05, 4.69) is 108 Å². The van der Waals surface area contributed by atoms with Crippen LogP contribution < -0.4 is 0 Å².